The molecule has 1 saturated heterocycles. The summed E-state index contributed by atoms with van der Waals surface area (Å²) in [5.41, 5.74) is 1.11. The van der Waals surface area contributed by atoms with Gasteiger partial charge in [-0.15, -0.1) is 0 Å². The van der Waals surface area contributed by atoms with E-state index >= 15 is 0 Å². The number of ether oxygens (including phenoxy) is 3. The zero-order valence-electron chi connectivity index (χ0n) is 14.9. The Hall–Kier alpha value is -0.710. The molecular weight excluding hydrogens is 455 g/mol. The van der Waals surface area contributed by atoms with Crippen LogP contribution in [0.5, 0.6) is 11.5 Å². The van der Waals surface area contributed by atoms with Crippen molar-refractivity contribution in [3.8, 4) is 11.5 Å². The maximum absolute atomic E-state index is 12.0. The van der Waals surface area contributed by atoms with E-state index in [0.29, 0.717) is 13.0 Å². The van der Waals surface area contributed by atoms with E-state index in [1.807, 2.05) is 25.1 Å². The highest BCUT2D eigenvalue weighted by Gasteiger charge is 2.29. The molecule has 25 heavy (non-hydrogen) atoms. The van der Waals surface area contributed by atoms with Crippen LogP contribution in [0, 0.1) is 0 Å². The molecule has 0 N–H and O–H groups in total. The van der Waals surface area contributed by atoms with Gasteiger partial charge in [0.15, 0.2) is 0 Å². The molecule has 2 rings (SSSR count). The SMILES string of the molecule is CCOC(=O)CC1CN(SI)CCN1Cc1cc(OC)cc(OC)c1. The lowest BCUT2D eigenvalue weighted by molar-refractivity contribution is -0.145. The third kappa shape index (κ3) is 6.19. The number of benzene rings is 1. The van der Waals surface area contributed by atoms with Crippen LogP contribution < -0.4 is 9.47 Å². The Morgan fingerprint density at radius 3 is 2.48 bits per heavy atom. The maximum atomic E-state index is 12.0. The molecule has 0 bridgehead atoms. The van der Waals surface area contributed by atoms with Gasteiger partial charge in [-0.3, -0.25) is 9.69 Å². The number of nitrogens with zero attached hydrogens (tertiary/aromatic N) is 2. The molecule has 140 valence electrons. The number of halogens is 1. The van der Waals surface area contributed by atoms with Gasteiger partial charge in [0.05, 0.1) is 27.2 Å². The minimum Gasteiger partial charge on any atom is -0.497 e. The second kappa shape index (κ2) is 10.4. The molecule has 6 nitrogen and oxygen atoms in total. The molecule has 1 aromatic rings. The summed E-state index contributed by atoms with van der Waals surface area (Å²) in [4.78, 5) is 14.3. The Bertz CT molecular complexity index is 553. The lowest BCUT2D eigenvalue weighted by Crippen LogP contribution is -2.51. The molecule has 0 spiro atoms. The fourth-order valence-corrected chi connectivity index (χ4v) is 4.39. The van der Waals surface area contributed by atoms with E-state index < -0.39 is 0 Å². The molecule has 8 heteroatoms. The van der Waals surface area contributed by atoms with E-state index in [9.17, 15) is 4.79 Å². The number of esters is 1. The Morgan fingerprint density at radius 2 is 1.92 bits per heavy atom. The second-order valence-corrected chi connectivity index (χ2v) is 7.65. The van der Waals surface area contributed by atoms with Crippen LogP contribution in [0.3, 0.4) is 0 Å². The van der Waals surface area contributed by atoms with Gasteiger partial charge in [0.25, 0.3) is 0 Å². The molecule has 1 aliphatic heterocycles. The third-order valence-electron chi connectivity index (χ3n) is 4.17. The van der Waals surface area contributed by atoms with Gasteiger partial charge >= 0.3 is 5.97 Å². The van der Waals surface area contributed by atoms with Crippen molar-refractivity contribution in [2.24, 2.45) is 0 Å². The number of carbonyl (C=O) groups is 1. The fraction of sp³-hybridized carbons (Fsp3) is 0.588. The molecular formula is C17H25IN2O4S. The van der Waals surface area contributed by atoms with Gasteiger partial charge in [0.2, 0.25) is 0 Å². The number of hydrogen-bond donors (Lipinski definition) is 0. The van der Waals surface area contributed by atoms with Crippen LogP contribution in [0.15, 0.2) is 18.2 Å². The predicted molar refractivity (Wildman–Crippen MR) is 108 cm³/mol. The fourth-order valence-electron chi connectivity index (χ4n) is 2.93. The van der Waals surface area contributed by atoms with E-state index in [4.69, 9.17) is 14.2 Å². The number of methoxy groups -OCH3 is 2. The van der Waals surface area contributed by atoms with Crippen molar-refractivity contribution < 1.29 is 19.0 Å². The molecule has 1 heterocycles. The minimum atomic E-state index is -0.138. The third-order valence-corrected chi connectivity index (χ3v) is 6.37. The number of rotatable bonds is 8. The van der Waals surface area contributed by atoms with Crippen molar-refractivity contribution in [2.75, 3.05) is 40.5 Å². The lowest BCUT2D eigenvalue weighted by Gasteiger charge is -2.39. The van der Waals surface area contributed by atoms with Crippen LogP contribution in [0.2, 0.25) is 0 Å². The Kier molecular flexibility index (Phi) is 8.60. The van der Waals surface area contributed by atoms with Crippen LogP contribution in [-0.4, -0.2) is 61.7 Å². The first-order valence-corrected chi connectivity index (χ1v) is 11.6. The van der Waals surface area contributed by atoms with Crippen molar-refractivity contribution in [2.45, 2.75) is 25.9 Å². The highest BCUT2D eigenvalue weighted by molar-refractivity contribution is 14.2. The molecule has 0 aliphatic carbocycles. The molecule has 1 aromatic carbocycles. The number of carbonyl (C=O) groups excluding carboxylic acids is 1. The van der Waals surface area contributed by atoms with Crippen LogP contribution in [0.4, 0.5) is 0 Å². The average molecular weight is 480 g/mol. The Balaban J connectivity index is 2.12. The number of piperazine rings is 1. The van der Waals surface area contributed by atoms with Gasteiger partial charge in [-0.05, 0) is 33.7 Å². The van der Waals surface area contributed by atoms with Crippen molar-refractivity contribution in [1.82, 2.24) is 9.21 Å². The van der Waals surface area contributed by atoms with Gasteiger partial charge in [-0.25, -0.2) is 4.31 Å². The van der Waals surface area contributed by atoms with Gasteiger partial charge in [-0.2, -0.15) is 0 Å². The summed E-state index contributed by atoms with van der Waals surface area (Å²) in [6.45, 7) is 5.72. The van der Waals surface area contributed by atoms with E-state index in [1.165, 1.54) is 0 Å². The van der Waals surface area contributed by atoms with Crippen molar-refractivity contribution in [3.05, 3.63) is 23.8 Å². The minimum absolute atomic E-state index is 0.132. The summed E-state index contributed by atoms with van der Waals surface area (Å²) in [6.07, 6.45) is 0.405. The summed E-state index contributed by atoms with van der Waals surface area (Å²) < 4.78 is 18.2. The van der Waals surface area contributed by atoms with E-state index in [0.717, 1.165) is 43.2 Å². The van der Waals surface area contributed by atoms with Crippen LogP contribution in [0.1, 0.15) is 18.9 Å². The number of hydrogen-bond acceptors (Lipinski definition) is 7. The maximum Gasteiger partial charge on any atom is 0.307 e. The summed E-state index contributed by atoms with van der Waals surface area (Å²) >= 11 is 2.29. The zero-order valence-corrected chi connectivity index (χ0v) is 17.8. The normalized spacial score (nSPS) is 18.8. The molecule has 1 aliphatic rings. The predicted octanol–water partition coefficient (Wildman–Crippen LogP) is 3.14. The van der Waals surface area contributed by atoms with E-state index in [1.54, 1.807) is 23.3 Å². The van der Waals surface area contributed by atoms with Crippen LogP contribution >= 0.6 is 30.3 Å². The Labute approximate surface area is 165 Å². The summed E-state index contributed by atoms with van der Waals surface area (Å²) in [7, 11) is 5.00. The van der Waals surface area contributed by atoms with Gasteiger partial charge in [-0.1, -0.05) is 0 Å². The first-order valence-electron chi connectivity index (χ1n) is 8.24. The van der Waals surface area contributed by atoms with E-state index in [-0.39, 0.29) is 12.0 Å². The van der Waals surface area contributed by atoms with Crippen LogP contribution in [0.25, 0.3) is 0 Å². The van der Waals surface area contributed by atoms with Gasteiger partial charge < -0.3 is 14.2 Å². The van der Waals surface area contributed by atoms with Gasteiger partial charge in [0.1, 0.15) is 11.5 Å². The van der Waals surface area contributed by atoms with Gasteiger partial charge in [0, 0.05) is 59.5 Å². The molecule has 0 radical (unpaired) electrons. The molecule has 0 aromatic heterocycles. The van der Waals surface area contributed by atoms with Crippen molar-refractivity contribution in [1.29, 1.82) is 0 Å². The first-order chi connectivity index (χ1) is 12.1. The lowest BCUT2D eigenvalue weighted by atomic mass is 10.1. The second-order valence-electron chi connectivity index (χ2n) is 5.81. The molecule has 1 unspecified atom stereocenters. The summed E-state index contributed by atoms with van der Waals surface area (Å²) in [5.74, 6) is 1.41. The molecule has 1 atom stereocenters. The van der Waals surface area contributed by atoms with Crippen LogP contribution in [-0.2, 0) is 16.1 Å². The summed E-state index contributed by atoms with van der Waals surface area (Å²) in [6, 6.07) is 6.03. The Morgan fingerprint density at radius 1 is 1.24 bits per heavy atom. The standard InChI is InChI=1S/C17H25IN2O4S/c1-4-24-17(21)9-14-12-20(25-18)6-5-19(14)11-13-7-15(22-2)10-16(8-13)23-3/h7-8,10,14H,4-6,9,11-12H2,1-3H3. The highest BCUT2D eigenvalue weighted by Crippen LogP contribution is 2.28. The smallest absolute Gasteiger partial charge is 0.307 e. The highest BCUT2D eigenvalue weighted by atomic mass is 127. The molecule has 0 amide bonds. The summed E-state index contributed by atoms with van der Waals surface area (Å²) in [5, 5.41) is 0. The quantitative estimate of drug-likeness (QED) is 0.322. The molecule has 0 saturated carbocycles. The first kappa shape index (κ1) is 20.6. The zero-order chi connectivity index (χ0) is 18.2. The van der Waals surface area contributed by atoms with Crippen molar-refractivity contribution >= 4 is 36.3 Å². The van der Waals surface area contributed by atoms with E-state index in [2.05, 4.69) is 30.4 Å². The average Bonchev–Trinajstić information content (AvgIpc) is 2.62. The van der Waals surface area contributed by atoms with Crippen molar-refractivity contribution in [3.63, 3.8) is 0 Å². The monoisotopic (exact) mass is 480 g/mol. The molecule has 1 fully saturated rings. The largest absolute Gasteiger partial charge is 0.497 e. The topological polar surface area (TPSA) is 51.2 Å².